The number of piperidine rings is 1. The molecule has 0 saturated carbocycles. The zero-order valence-corrected chi connectivity index (χ0v) is 12.3. The maximum absolute atomic E-state index is 11.9. The first-order valence-corrected chi connectivity index (χ1v) is 7.26. The fourth-order valence-electron chi connectivity index (χ4n) is 2.32. The Kier molecular flexibility index (Phi) is 5.20. The van der Waals surface area contributed by atoms with Gasteiger partial charge < -0.3 is 15.3 Å². The number of nitrogens with one attached hydrogen (secondary N) is 1. The van der Waals surface area contributed by atoms with Gasteiger partial charge in [-0.15, -0.1) is 0 Å². The van der Waals surface area contributed by atoms with Gasteiger partial charge in [-0.25, -0.2) is 4.98 Å². The molecule has 1 aliphatic heterocycles. The Morgan fingerprint density at radius 1 is 1.55 bits per heavy atom. The highest BCUT2D eigenvalue weighted by atomic mass is 35.5. The van der Waals surface area contributed by atoms with Crippen molar-refractivity contribution in [3.8, 4) is 0 Å². The number of rotatable bonds is 4. The van der Waals surface area contributed by atoms with E-state index >= 15 is 0 Å². The van der Waals surface area contributed by atoms with Gasteiger partial charge in [0.05, 0.1) is 11.1 Å². The van der Waals surface area contributed by atoms with E-state index in [4.69, 9.17) is 11.6 Å². The molecule has 0 spiro atoms. The first kappa shape index (κ1) is 15.1. The number of aromatic nitrogens is 1. The molecule has 1 aromatic heterocycles. The molecule has 1 aromatic rings. The Morgan fingerprint density at radius 2 is 2.25 bits per heavy atom. The second-order valence-corrected chi connectivity index (χ2v) is 5.63. The molecule has 110 valence electrons. The Hall–Kier alpha value is -1.33. The van der Waals surface area contributed by atoms with E-state index in [1.807, 2.05) is 12.1 Å². The summed E-state index contributed by atoms with van der Waals surface area (Å²) < 4.78 is 0. The Morgan fingerprint density at radius 3 is 2.80 bits per heavy atom. The molecule has 6 heteroatoms. The lowest BCUT2D eigenvalue weighted by atomic mass is 9.96. The van der Waals surface area contributed by atoms with Crippen LogP contribution in [0.2, 0.25) is 5.02 Å². The number of amides is 1. The van der Waals surface area contributed by atoms with Crippen molar-refractivity contribution in [2.45, 2.75) is 25.9 Å². The van der Waals surface area contributed by atoms with Crippen LogP contribution in [0.4, 0.5) is 5.82 Å². The van der Waals surface area contributed by atoms with Crippen LogP contribution >= 0.6 is 11.6 Å². The van der Waals surface area contributed by atoms with Crippen molar-refractivity contribution in [2.24, 2.45) is 5.92 Å². The molecular weight excluding hydrogens is 278 g/mol. The third kappa shape index (κ3) is 4.08. The van der Waals surface area contributed by atoms with Crippen LogP contribution in [0.1, 0.15) is 19.8 Å². The summed E-state index contributed by atoms with van der Waals surface area (Å²) >= 11 is 5.82. The molecule has 0 aromatic carbocycles. The van der Waals surface area contributed by atoms with E-state index in [2.05, 4.69) is 15.2 Å². The van der Waals surface area contributed by atoms with E-state index in [1.54, 1.807) is 13.1 Å². The number of halogens is 1. The quantitative estimate of drug-likeness (QED) is 0.883. The molecule has 1 atom stereocenters. The standard InChI is InChI=1S/C14H20ClN3O2/c1-10(19)8-17-14(20)11-4-6-18(7-5-11)13-3-2-12(15)9-16-13/h2-3,9-11,19H,4-8H2,1H3,(H,17,20). The van der Waals surface area contributed by atoms with Crippen molar-refractivity contribution in [3.05, 3.63) is 23.4 Å². The summed E-state index contributed by atoms with van der Waals surface area (Å²) in [6.07, 6.45) is 2.74. The van der Waals surface area contributed by atoms with Gasteiger partial charge >= 0.3 is 0 Å². The molecule has 2 rings (SSSR count). The minimum atomic E-state index is -0.502. The first-order valence-electron chi connectivity index (χ1n) is 6.88. The Bertz CT molecular complexity index is 442. The number of carbonyl (C=O) groups excluding carboxylic acids is 1. The lowest BCUT2D eigenvalue weighted by Gasteiger charge is -2.32. The third-order valence-corrected chi connectivity index (χ3v) is 3.70. The average Bonchev–Trinajstić information content (AvgIpc) is 2.46. The van der Waals surface area contributed by atoms with Gasteiger partial charge in [-0.2, -0.15) is 0 Å². The predicted octanol–water partition coefficient (Wildman–Crippen LogP) is 1.45. The zero-order chi connectivity index (χ0) is 14.5. The van der Waals surface area contributed by atoms with Gasteiger partial charge in [0.25, 0.3) is 0 Å². The van der Waals surface area contributed by atoms with Crippen molar-refractivity contribution >= 4 is 23.3 Å². The molecular formula is C14H20ClN3O2. The van der Waals surface area contributed by atoms with Crippen LogP contribution in [0.25, 0.3) is 0 Å². The highest BCUT2D eigenvalue weighted by molar-refractivity contribution is 6.30. The highest BCUT2D eigenvalue weighted by Crippen LogP contribution is 2.22. The fourth-order valence-corrected chi connectivity index (χ4v) is 2.43. The van der Waals surface area contributed by atoms with Gasteiger partial charge in [-0.3, -0.25) is 4.79 Å². The van der Waals surface area contributed by atoms with Gasteiger partial charge in [-0.1, -0.05) is 11.6 Å². The fraction of sp³-hybridized carbons (Fsp3) is 0.571. The van der Waals surface area contributed by atoms with Crippen molar-refractivity contribution in [1.29, 1.82) is 0 Å². The molecule has 2 heterocycles. The van der Waals surface area contributed by atoms with Crippen molar-refractivity contribution in [3.63, 3.8) is 0 Å². The molecule has 5 nitrogen and oxygen atoms in total. The molecule has 0 aliphatic carbocycles. The van der Waals surface area contributed by atoms with Crippen LogP contribution < -0.4 is 10.2 Å². The van der Waals surface area contributed by atoms with Crippen molar-refractivity contribution in [1.82, 2.24) is 10.3 Å². The number of aliphatic hydroxyl groups is 1. The number of carbonyl (C=O) groups is 1. The smallest absolute Gasteiger partial charge is 0.223 e. The van der Waals surface area contributed by atoms with Crippen LogP contribution in [0.15, 0.2) is 18.3 Å². The van der Waals surface area contributed by atoms with Crippen LogP contribution in [-0.2, 0) is 4.79 Å². The number of nitrogens with zero attached hydrogens (tertiary/aromatic N) is 2. The predicted molar refractivity (Wildman–Crippen MR) is 78.9 cm³/mol. The summed E-state index contributed by atoms with van der Waals surface area (Å²) in [6.45, 7) is 3.59. The molecule has 1 saturated heterocycles. The third-order valence-electron chi connectivity index (χ3n) is 3.47. The Balaban J connectivity index is 1.83. The number of aliphatic hydroxyl groups excluding tert-OH is 1. The highest BCUT2D eigenvalue weighted by Gasteiger charge is 2.25. The number of hydrogen-bond acceptors (Lipinski definition) is 4. The minimum absolute atomic E-state index is 0.0253. The molecule has 1 unspecified atom stereocenters. The Labute approximate surface area is 123 Å². The molecule has 1 aliphatic rings. The summed E-state index contributed by atoms with van der Waals surface area (Å²) in [6, 6.07) is 3.72. The average molecular weight is 298 g/mol. The van der Waals surface area contributed by atoms with Crippen molar-refractivity contribution < 1.29 is 9.90 Å². The van der Waals surface area contributed by atoms with Gasteiger partial charge in [0.1, 0.15) is 5.82 Å². The maximum Gasteiger partial charge on any atom is 0.223 e. The summed E-state index contributed by atoms with van der Waals surface area (Å²) in [5.41, 5.74) is 0. The largest absolute Gasteiger partial charge is 0.392 e. The van der Waals surface area contributed by atoms with Gasteiger partial charge in [0.15, 0.2) is 0 Å². The summed E-state index contributed by atoms with van der Waals surface area (Å²) in [5, 5.41) is 12.6. The second kappa shape index (κ2) is 6.90. The first-order chi connectivity index (χ1) is 9.56. The van der Waals surface area contributed by atoms with Crippen molar-refractivity contribution in [2.75, 3.05) is 24.5 Å². The number of anilines is 1. The van der Waals surface area contributed by atoms with E-state index in [0.717, 1.165) is 31.7 Å². The van der Waals surface area contributed by atoms with Crippen LogP contribution in [0, 0.1) is 5.92 Å². The van der Waals surface area contributed by atoms with Crippen LogP contribution in [-0.4, -0.2) is 41.7 Å². The minimum Gasteiger partial charge on any atom is -0.392 e. The van der Waals surface area contributed by atoms with E-state index in [0.29, 0.717) is 11.6 Å². The van der Waals surface area contributed by atoms with Gasteiger partial charge in [-0.05, 0) is 31.9 Å². The molecule has 20 heavy (non-hydrogen) atoms. The second-order valence-electron chi connectivity index (χ2n) is 5.19. The molecule has 0 radical (unpaired) electrons. The zero-order valence-electron chi connectivity index (χ0n) is 11.6. The number of pyridine rings is 1. The van der Waals surface area contributed by atoms with E-state index in [-0.39, 0.29) is 11.8 Å². The van der Waals surface area contributed by atoms with E-state index in [1.165, 1.54) is 0 Å². The summed E-state index contributed by atoms with van der Waals surface area (Å²) in [5.74, 6) is 0.962. The van der Waals surface area contributed by atoms with E-state index in [9.17, 15) is 9.90 Å². The summed E-state index contributed by atoms with van der Waals surface area (Å²) in [4.78, 5) is 18.4. The molecule has 1 amide bonds. The monoisotopic (exact) mass is 297 g/mol. The number of hydrogen-bond donors (Lipinski definition) is 2. The lowest BCUT2D eigenvalue weighted by molar-refractivity contribution is -0.126. The van der Waals surface area contributed by atoms with Gasteiger partial charge in [0.2, 0.25) is 5.91 Å². The van der Waals surface area contributed by atoms with E-state index < -0.39 is 6.10 Å². The normalized spacial score (nSPS) is 17.9. The molecule has 0 bridgehead atoms. The lowest BCUT2D eigenvalue weighted by Crippen LogP contribution is -2.42. The topological polar surface area (TPSA) is 65.5 Å². The SMILES string of the molecule is CC(O)CNC(=O)C1CCN(c2ccc(Cl)cn2)CC1. The van der Waals surface area contributed by atoms with Crippen LogP contribution in [0.3, 0.4) is 0 Å². The van der Waals surface area contributed by atoms with Crippen LogP contribution in [0.5, 0.6) is 0 Å². The summed E-state index contributed by atoms with van der Waals surface area (Å²) in [7, 11) is 0. The maximum atomic E-state index is 11.9. The van der Waals surface area contributed by atoms with Gasteiger partial charge in [0, 0.05) is 31.7 Å². The molecule has 2 N–H and O–H groups in total. The molecule has 1 fully saturated rings.